The molecule has 1 aliphatic carbocycles. The number of fused-ring (bicyclic) bond motifs is 1. The van der Waals surface area contributed by atoms with Gasteiger partial charge >= 0.3 is 5.97 Å². The summed E-state index contributed by atoms with van der Waals surface area (Å²) in [7, 11) is 0. The molecular weight excluding hydrogens is 348 g/mol. The molecule has 0 aromatic heterocycles. The van der Waals surface area contributed by atoms with E-state index in [2.05, 4.69) is 11.9 Å². The Bertz CT molecular complexity index is 796. The minimum absolute atomic E-state index is 0.0740. The van der Waals surface area contributed by atoms with Crippen LogP contribution in [0.5, 0.6) is 0 Å². The van der Waals surface area contributed by atoms with Crippen molar-refractivity contribution in [1.29, 1.82) is 0 Å². The second-order valence-corrected chi connectivity index (χ2v) is 6.70. The third kappa shape index (κ3) is 3.92. The summed E-state index contributed by atoms with van der Waals surface area (Å²) < 4.78 is 4.96. The minimum Gasteiger partial charge on any atom is -0.452 e. The van der Waals surface area contributed by atoms with Gasteiger partial charge in [0.15, 0.2) is 6.61 Å². The van der Waals surface area contributed by atoms with Crippen LogP contribution in [0.2, 0.25) is 0 Å². The van der Waals surface area contributed by atoms with E-state index in [0.29, 0.717) is 5.56 Å². The van der Waals surface area contributed by atoms with Crippen molar-refractivity contribution in [3.05, 3.63) is 47.5 Å². The molecule has 27 heavy (non-hydrogen) atoms. The van der Waals surface area contributed by atoms with Crippen LogP contribution >= 0.6 is 0 Å². The third-order valence-corrected chi connectivity index (χ3v) is 4.87. The number of rotatable bonds is 6. The standard InChI is InChI=1S/C20H22N2O5/c1-2-10-21-17(23)12-27-20(26)13-8-9-15-16(11-13)19(25)22(18(15)24)14-6-4-3-5-7-14/h2,8-9,11,14H,1,3-7,10,12H2,(H,21,23). The molecule has 0 spiro atoms. The predicted octanol–water partition coefficient (Wildman–Crippen LogP) is 2.07. The summed E-state index contributed by atoms with van der Waals surface area (Å²) in [5, 5.41) is 2.50. The van der Waals surface area contributed by atoms with E-state index in [0.717, 1.165) is 32.1 Å². The van der Waals surface area contributed by atoms with E-state index in [1.54, 1.807) is 0 Å². The Morgan fingerprint density at radius 3 is 2.56 bits per heavy atom. The molecule has 7 heteroatoms. The van der Waals surface area contributed by atoms with Gasteiger partial charge in [-0.15, -0.1) is 6.58 Å². The zero-order chi connectivity index (χ0) is 19.4. The van der Waals surface area contributed by atoms with Gasteiger partial charge in [0.2, 0.25) is 0 Å². The average molecular weight is 370 g/mol. The summed E-state index contributed by atoms with van der Waals surface area (Å²) in [5.74, 6) is -1.83. The fraction of sp³-hybridized carbons (Fsp3) is 0.400. The molecule has 1 heterocycles. The van der Waals surface area contributed by atoms with Crippen molar-refractivity contribution < 1.29 is 23.9 Å². The SMILES string of the molecule is C=CCNC(=O)COC(=O)c1ccc2c(c1)C(=O)N(C1CCCCC1)C2=O. The summed E-state index contributed by atoms with van der Waals surface area (Å²) in [5.41, 5.74) is 0.666. The van der Waals surface area contributed by atoms with Crippen molar-refractivity contribution in [1.82, 2.24) is 10.2 Å². The number of imide groups is 1. The quantitative estimate of drug-likeness (QED) is 0.470. The molecule has 3 amide bonds. The van der Waals surface area contributed by atoms with Crippen molar-refractivity contribution in [2.24, 2.45) is 0 Å². The highest BCUT2D eigenvalue weighted by atomic mass is 16.5. The second kappa shape index (κ2) is 8.16. The van der Waals surface area contributed by atoms with Gasteiger partial charge < -0.3 is 10.1 Å². The molecule has 1 fully saturated rings. The van der Waals surface area contributed by atoms with Crippen molar-refractivity contribution in [2.75, 3.05) is 13.2 Å². The van der Waals surface area contributed by atoms with Gasteiger partial charge in [-0.3, -0.25) is 19.3 Å². The van der Waals surface area contributed by atoms with Crippen molar-refractivity contribution in [2.45, 2.75) is 38.1 Å². The van der Waals surface area contributed by atoms with Gasteiger partial charge in [0.1, 0.15) is 0 Å². The molecule has 0 unspecified atom stereocenters. The van der Waals surface area contributed by atoms with E-state index in [4.69, 9.17) is 4.74 Å². The number of carbonyl (C=O) groups excluding carboxylic acids is 4. The lowest BCUT2D eigenvalue weighted by molar-refractivity contribution is -0.124. The van der Waals surface area contributed by atoms with Crippen LogP contribution in [0.4, 0.5) is 0 Å². The Hall–Kier alpha value is -2.96. The first-order valence-electron chi connectivity index (χ1n) is 9.09. The van der Waals surface area contributed by atoms with Gasteiger partial charge in [-0.25, -0.2) is 4.79 Å². The Morgan fingerprint density at radius 1 is 1.15 bits per heavy atom. The Balaban J connectivity index is 1.70. The number of nitrogens with zero attached hydrogens (tertiary/aromatic N) is 1. The topological polar surface area (TPSA) is 92.8 Å². The summed E-state index contributed by atoms with van der Waals surface area (Å²) in [6.45, 7) is 3.33. The maximum absolute atomic E-state index is 12.7. The van der Waals surface area contributed by atoms with E-state index in [-0.39, 0.29) is 35.5 Å². The molecule has 0 saturated heterocycles. The van der Waals surface area contributed by atoms with Gasteiger partial charge in [-0.05, 0) is 31.0 Å². The number of hydrogen-bond donors (Lipinski definition) is 1. The van der Waals surface area contributed by atoms with Crippen LogP contribution in [0, 0.1) is 0 Å². The molecule has 1 aromatic carbocycles. The van der Waals surface area contributed by atoms with Gasteiger partial charge in [-0.2, -0.15) is 0 Å². The van der Waals surface area contributed by atoms with Crippen LogP contribution in [0.3, 0.4) is 0 Å². The summed E-state index contributed by atoms with van der Waals surface area (Å²) in [6.07, 6.45) is 6.28. The Labute approximate surface area is 157 Å². The number of nitrogens with one attached hydrogen (secondary N) is 1. The molecular formula is C20H22N2O5. The average Bonchev–Trinajstić information content (AvgIpc) is 2.95. The monoisotopic (exact) mass is 370 g/mol. The number of amides is 3. The van der Waals surface area contributed by atoms with Crippen LogP contribution in [-0.2, 0) is 9.53 Å². The summed E-state index contributed by atoms with van der Waals surface area (Å²) in [6, 6.07) is 4.23. The smallest absolute Gasteiger partial charge is 0.338 e. The minimum atomic E-state index is -0.720. The van der Waals surface area contributed by atoms with Gasteiger partial charge in [-0.1, -0.05) is 25.3 Å². The zero-order valence-corrected chi connectivity index (χ0v) is 15.0. The zero-order valence-electron chi connectivity index (χ0n) is 15.0. The van der Waals surface area contributed by atoms with E-state index in [9.17, 15) is 19.2 Å². The third-order valence-electron chi connectivity index (χ3n) is 4.87. The highest BCUT2D eigenvalue weighted by Gasteiger charge is 2.40. The Morgan fingerprint density at radius 2 is 1.85 bits per heavy atom. The molecule has 0 atom stereocenters. The number of ether oxygens (including phenoxy) is 1. The summed E-state index contributed by atoms with van der Waals surface area (Å²) in [4.78, 5) is 50.4. The van der Waals surface area contributed by atoms with Crippen LogP contribution in [0.25, 0.3) is 0 Å². The normalized spacial score (nSPS) is 16.8. The van der Waals surface area contributed by atoms with Crippen molar-refractivity contribution >= 4 is 23.7 Å². The van der Waals surface area contributed by atoms with E-state index < -0.39 is 18.5 Å². The fourth-order valence-corrected chi connectivity index (χ4v) is 3.51. The van der Waals surface area contributed by atoms with Crippen molar-refractivity contribution in [3.8, 4) is 0 Å². The first-order valence-corrected chi connectivity index (χ1v) is 9.09. The first kappa shape index (κ1) is 18.8. The first-order chi connectivity index (χ1) is 13.0. The van der Waals surface area contributed by atoms with Crippen LogP contribution in [0.15, 0.2) is 30.9 Å². The molecule has 1 aromatic rings. The predicted molar refractivity (Wildman–Crippen MR) is 97.3 cm³/mol. The number of esters is 1. The maximum atomic E-state index is 12.7. The number of hydrogen-bond acceptors (Lipinski definition) is 5. The van der Waals surface area contributed by atoms with Gasteiger partial charge in [0, 0.05) is 12.6 Å². The second-order valence-electron chi connectivity index (χ2n) is 6.70. The largest absolute Gasteiger partial charge is 0.452 e. The lowest BCUT2D eigenvalue weighted by Gasteiger charge is -2.29. The molecule has 3 rings (SSSR count). The number of benzene rings is 1. The van der Waals surface area contributed by atoms with E-state index >= 15 is 0 Å². The maximum Gasteiger partial charge on any atom is 0.338 e. The lowest BCUT2D eigenvalue weighted by Crippen LogP contribution is -2.40. The molecule has 0 bridgehead atoms. The van der Waals surface area contributed by atoms with Crippen LogP contribution < -0.4 is 5.32 Å². The fourth-order valence-electron chi connectivity index (χ4n) is 3.51. The Kier molecular flexibility index (Phi) is 5.69. The van der Waals surface area contributed by atoms with Crippen LogP contribution in [-0.4, -0.2) is 47.8 Å². The highest BCUT2D eigenvalue weighted by Crippen LogP contribution is 2.31. The molecule has 1 N–H and O–H groups in total. The van der Waals surface area contributed by atoms with Gasteiger partial charge in [0.05, 0.1) is 16.7 Å². The number of carbonyl (C=O) groups is 4. The van der Waals surface area contributed by atoms with Crippen LogP contribution in [0.1, 0.15) is 63.2 Å². The molecule has 7 nitrogen and oxygen atoms in total. The van der Waals surface area contributed by atoms with Crippen molar-refractivity contribution in [3.63, 3.8) is 0 Å². The molecule has 1 aliphatic heterocycles. The van der Waals surface area contributed by atoms with E-state index in [1.165, 1.54) is 29.2 Å². The molecule has 2 aliphatic rings. The van der Waals surface area contributed by atoms with Gasteiger partial charge in [0.25, 0.3) is 17.7 Å². The summed E-state index contributed by atoms with van der Waals surface area (Å²) >= 11 is 0. The molecule has 142 valence electrons. The lowest BCUT2D eigenvalue weighted by atomic mass is 9.94. The highest BCUT2D eigenvalue weighted by molar-refractivity contribution is 6.22. The van der Waals surface area contributed by atoms with E-state index in [1.807, 2.05) is 0 Å². The molecule has 0 radical (unpaired) electrons. The molecule has 1 saturated carbocycles.